The van der Waals surface area contributed by atoms with Crippen molar-refractivity contribution in [2.45, 2.75) is 16.2 Å². The molecule has 0 saturated heterocycles. The number of rotatable bonds is 11. The van der Waals surface area contributed by atoms with Gasteiger partial charge in [-0.3, -0.25) is 4.79 Å². The molecule has 2 aromatic carbocycles. The number of hydrogen-bond donors (Lipinski definition) is 1. The number of nitrogens with one attached hydrogen (secondary N) is 1. The molecule has 0 aliphatic heterocycles. The summed E-state index contributed by atoms with van der Waals surface area (Å²) in [6.45, 7) is -0.244. The molecule has 0 aliphatic rings. The monoisotopic (exact) mass is 487 g/mol. The first-order valence-electron chi connectivity index (χ1n) is 9.55. The minimum Gasteiger partial charge on any atom is -0.385 e. The smallest absolute Gasteiger partial charge is 0.243 e. The Morgan fingerprint density at radius 2 is 1.66 bits per heavy atom. The highest BCUT2D eigenvalue weighted by molar-refractivity contribution is 7.89. The summed E-state index contributed by atoms with van der Waals surface area (Å²) >= 11 is 0. The number of halogens is 1. The van der Waals surface area contributed by atoms with Crippen molar-refractivity contribution in [2.24, 2.45) is 0 Å². The highest BCUT2D eigenvalue weighted by Gasteiger charge is 2.27. The Morgan fingerprint density at radius 1 is 1.00 bits per heavy atom. The van der Waals surface area contributed by atoms with E-state index >= 15 is 0 Å². The van der Waals surface area contributed by atoms with Crippen molar-refractivity contribution in [3.05, 3.63) is 54.3 Å². The topological polar surface area (TPSA) is 113 Å². The van der Waals surface area contributed by atoms with E-state index in [2.05, 4.69) is 5.32 Å². The molecule has 0 radical (unpaired) electrons. The van der Waals surface area contributed by atoms with Crippen LogP contribution in [0.3, 0.4) is 0 Å². The predicted octanol–water partition coefficient (Wildman–Crippen LogP) is 1.74. The summed E-state index contributed by atoms with van der Waals surface area (Å²) in [6, 6.07) is 9.95. The fourth-order valence-corrected chi connectivity index (χ4v) is 5.11. The molecule has 0 heterocycles. The second-order valence-electron chi connectivity index (χ2n) is 7.00. The summed E-state index contributed by atoms with van der Waals surface area (Å²) < 4.78 is 70.7. The fraction of sp³-hybridized carbons (Fsp3) is 0.350. The lowest BCUT2D eigenvalue weighted by Gasteiger charge is -2.22. The number of benzene rings is 2. The number of anilines is 1. The van der Waals surface area contributed by atoms with Gasteiger partial charge in [-0.05, 0) is 48.9 Å². The van der Waals surface area contributed by atoms with Gasteiger partial charge in [-0.15, -0.1) is 0 Å². The Labute approximate surface area is 187 Å². The van der Waals surface area contributed by atoms with Crippen LogP contribution in [-0.4, -0.2) is 72.3 Å². The zero-order valence-electron chi connectivity index (χ0n) is 18.0. The normalized spacial score (nSPS) is 12.3. The quantitative estimate of drug-likeness (QED) is 0.483. The highest BCUT2D eigenvalue weighted by atomic mass is 32.2. The van der Waals surface area contributed by atoms with Crippen LogP contribution in [0, 0.1) is 5.82 Å². The van der Waals surface area contributed by atoms with Crippen molar-refractivity contribution >= 4 is 31.6 Å². The highest BCUT2D eigenvalue weighted by Crippen LogP contribution is 2.19. The van der Waals surface area contributed by atoms with Crippen LogP contribution in [0.4, 0.5) is 10.1 Å². The average molecular weight is 488 g/mol. The van der Waals surface area contributed by atoms with E-state index in [0.717, 1.165) is 32.9 Å². The number of sulfonamides is 2. The third-order valence-electron chi connectivity index (χ3n) is 4.42. The summed E-state index contributed by atoms with van der Waals surface area (Å²) in [6.07, 6.45) is 0.334. The molecular weight excluding hydrogens is 461 g/mol. The van der Waals surface area contributed by atoms with Gasteiger partial charge in [0.2, 0.25) is 26.0 Å². The van der Waals surface area contributed by atoms with Gasteiger partial charge in [0, 0.05) is 40.0 Å². The maximum absolute atomic E-state index is 13.2. The Kier molecular flexibility index (Phi) is 8.87. The maximum atomic E-state index is 13.2. The van der Waals surface area contributed by atoms with Crippen LogP contribution in [0.2, 0.25) is 0 Å². The van der Waals surface area contributed by atoms with Gasteiger partial charge in [-0.2, -0.15) is 4.31 Å². The molecule has 0 unspecified atom stereocenters. The molecule has 9 nitrogen and oxygen atoms in total. The molecule has 1 amide bonds. The van der Waals surface area contributed by atoms with Gasteiger partial charge in [0.25, 0.3) is 0 Å². The lowest BCUT2D eigenvalue weighted by molar-refractivity contribution is -0.116. The SMILES string of the molecule is COCCCN(CC(=O)Nc1cccc(S(=O)(=O)N(C)C)c1)S(=O)(=O)c1ccc(F)cc1. The molecule has 0 aromatic heterocycles. The first-order valence-corrected chi connectivity index (χ1v) is 12.4. The summed E-state index contributed by atoms with van der Waals surface area (Å²) in [5.41, 5.74) is 0.203. The van der Waals surface area contributed by atoms with E-state index in [0.29, 0.717) is 6.42 Å². The molecule has 0 atom stereocenters. The Balaban J connectivity index is 2.23. The van der Waals surface area contributed by atoms with Gasteiger partial charge in [0.15, 0.2) is 0 Å². The van der Waals surface area contributed by atoms with Gasteiger partial charge in [0.1, 0.15) is 5.82 Å². The summed E-state index contributed by atoms with van der Waals surface area (Å²) in [5, 5.41) is 2.53. The number of nitrogens with zero attached hydrogens (tertiary/aromatic N) is 2. The van der Waals surface area contributed by atoms with E-state index in [1.807, 2.05) is 0 Å². The number of methoxy groups -OCH3 is 1. The van der Waals surface area contributed by atoms with Crippen molar-refractivity contribution in [3.63, 3.8) is 0 Å². The molecule has 0 spiro atoms. The lowest BCUT2D eigenvalue weighted by Crippen LogP contribution is -2.39. The van der Waals surface area contributed by atoms with E-state index in [1.54, 1.807) is 0 Å². The van der Waals surface area contributed by atoms with Crippen LogP contribution in [0.5, 0.6) is 0 Å². The van der Waals surface area contributed by atoms with E-state index in [-0.39, 0.29) is 28.6 Å². The molecule has 2 rings (SSSR count). The van der Waals surface area contributed by atoms with Gasteiger partial charge in [-0.1, -0.05) is 6.07 Å². The Bertz CT molecular complexity index is 1140. The molecular formula is C20H26FN3O6S2. The van der Waals surface area contributed by atoms with Crippen LogP contribution in [0.1, 0.15) is 6.42 Å². The van der Waals surface area contributed by atoms with Gasteiger partial charge in [-0.25, -0.2) is 25.5 Å². The molecule has 176 valence electrons. The second-order valence-corrected chi connectivity index (χ2v) is 11.1. The molecule has 0 fully saturated rings. The van der Waals surface area contributed by atoms with E-state index in [1.165, 1.54) is 45.5 Å². The number of amides is 1. The van der Waals surface area contributed by atoms with Crippen molar-refractivity contribution in [1.82, 2.24) is 8.61 Å². The maximum Gasteiger partial charge on any atom is 0.243 e. The predicted molar refractivity (Wildman–Crippen MR) is 118 cm³/mol. The van der Waals surface area contributed by atoms with Crippen molar-refractivity contribution < 1.29 is 30.8 Å². The van der Waals surface area contributed by atoms with Crippen LogP contribution in [-0.2, 0) is 29.6 Å². The van der Waals surface area contributed by atoms with Crippen LogP contribution >= 0.6 is 0 Å². The standard InChI is InChI=1S/C20H26FN3O6S2/c1-23(2)31(26,27)19-7-4-6-17(14-19)22-20(25)15-24(12-5-13-30-3)32(28,29)18-10-8-16(21)9-11-18/h4,6-11,14H,5,12-13,15H2,1-3H3,(H,22,25). The third-order valence-corrected chi connectivity index (χ3v) is 8.09. The summed E-state index contributed by atoms with van der Waals surface area (Å²) in [7, 11) is -3.54. The van der Waals surface area contributed by atoms with Gasteiger partial charge >= 0.3 is 0 Å². The molecule has 32 heavy (non-hydrogen) atoms. The second kappa shape index (κ2) is 11.0. The summed E-state index contributed by atoms with van der Waals surface area (Å²) in [4.78, 5) is 12.4. The average Bonchev–Trinajstić information content (AvgIpc) is 2.73. The van der Waals surface area contributed by atoms with Gasteiger partial charge in [0.05, 0.1) is 16.3 Å². The molecule has 0 saturated carbocycles. The van der Waals surface area contributed by atoms with E-state index in [9.17, 15) is 26.0 Å². The van der Waals surface area contributed by atoms with E-state index < -0.39 is 38.3 Å². The largest absolute Gasteiger partial charge is 0.385 e. The fourth-order valence-electron chi connectivity index (χ4n) is 2.73. The van der Waals surface area contributed by atoms with Crippen LogP contribution in [0.25, 0.3) is 0 Å². The number of carbonyl (C=O) groups is 1. The number of ether oxygens (including phenoxy) is 1. The number of hydrogen-bond acceptors (Lipinski definition) is 6. The summed E-state index contributed by atoms with van der Waals surface area (Å²) in [5.74, 6) is -1.24. The molecule has 0 aliphatic carbocycles. The van der Waals surface area contributed by atoms with Crippen LogP contribution in [0.15, 0.2) is 58.3 Å². The zero-order valence-corrected chi connectivity index (χ0v) is 19.6. The lowest BCUT2D eigenvalue weighted by atomic mass is 10.3. The van der Waals surface area contributed by atoms with Crippen molar-refractivity contribution in [2.75, 3.05) is 46.2 Å². The van der Waals surface area contributed by atoms with E-state index in [4.69, 9.17) is 4.74 Å². The Hall–Kier alpha value is -2.38. The molecule has 1 N–H and O–H groups in total. The zero-order chi connectivity index (χ0) is 23.9. The Morgan fingerprint density at radius 3 is 2.25 bits per heavy atom. The molecule has 0 bridgehead atoms. The van der Waals surface area contributed by atoms with Crippen molar-refractivity contribution in [1.29, 1.82) is 0 Å². The van der Waals surface area contributed by atoms with Crippen LogP contribution < -0.4 is 5.32 Å². The first kappa shape index (κ1) is 25.9. The first-order chi connectivity index (χ1) is 15.0. The molecule has 2 aromatic rings. The minimum atomic E-state index is -4.08. The molecule has 12 heteroatoms. The number of carbonyl (C=O) groups excluding carboxylic acids is 1. The van der Waals surface area contributed by atoms with Gasteiger partial charge < -0.3 is 10.1 Å². The van der Waals surface area contributed by atoms with Crippen molar-refractivity contribution in [3.8, 4) is 0 Å². The minimum absolute atomic E-state index is 0.00395. The third kappa shape index (κ3) is 6.56.